The van der Waals surface area contributed by atoms with Crippen LogP contribution in [0.3, 0.4) is 0 Å². The van der Waals surface area contributed by atoms with Crippen LogP contribution < -0.4 is 4.90 Å². The van der Waals surface area contributed by atoms with E-state index in [9.17, 15) is 0 Å². The number of fused-ring (bicyclic) bond motifs is 1. The first-order valence-corrected chi connectivity index (χ1v) is 15.0. The van der Waals surface area contributed by atoms with Crippen LogP contribution in [0, 0.1) is 11.5 Å². The Labute approximate surface area is 207 Å². The highest BCUT2D eigenvalue weighted by molar-refractivity contribution is 6.90. The third kappa shape index (κ3) is 4.54. The first kappa shape index (κ1) is 24.6. The Kier molecular flexibility index (Phi) is 7.21. The molecule has 1 aliphatic heterocycles. The number of hydrogen-bond acceptors (Lipinski definition) is 3. The van der Waals surface area contributed by atoms with Crippen LogP contribution in [-0.4, -0.2) is 55.8 Å². The van der Waals surface area contributed by atoms with Crippen molar-refractivity contribution in [2.75, 3.05) is 38.1 Å². The molecule has 180 valence electrons. The molecule has 1 fully saturated rings. The number of aromatic nitrogens is 2. The lowest BCUT2D eigenvalue weighted by Gasteiger charge is -2.38. The van der Waals surface area contributed by atoms with Crippen LogP contribution in [0.5, 0.6) is 0 Å². The number of imidazole rings is 1. The molecule has 0 aliphatic carbocycles. The Bertz CT molecular complexity index is 1170. The van der Waals surface area contributed by atoms with Crippen LogP contribution in [0.4, 0.5) is 5.69 Å². The molecule has 0 atom stereocenters. The Balaban J connectivity index is 1.83. The first-order chi connectivity index (χ1) is 16.2. The van der Waals surface area contributed by atoms with Gasteiger partial charge in [0, 0.05) is 31.9 Å². The molecule has 0 N–H and O–H groups in total. The van der Waals surface area contributed by atoms with E-state index in [-0.39, 0.29) is 0 Å². The summed E-state index contributed by atoms with van der Waals surface area (Å²) in [6.45, 7) is 18.5. The summed E-state index contributed by atoms with van der Waals surface area (Å²) in [7, 11) is 0.345. The highest BCUT2D eigenvalue weighted by Gasteiger charge is 2.41. The summed E-state index contributed by atoms with van der Waals surface area (Å²) in [6.07, 6.45) is 0. The Morgan fingerprint density at radius 3 is 2.06 bits per heavy atom. The van der Waals surface area contributed by atoms with Crippen molar-refractivity contribution in [1.29, 1.82) is 0 Å². The van der Waals surface area contributed by atoms with Gasteiger partial charge in [-0.2, -0.15) is 0 Å². The summed E-state index contributed by atoms with van der Waals surface area (Å²) in [5, 5.41) is 0. The third-order valence-corrected chi connectivity index (χ3v) is 14.1. The SMILES string of the molecule is CC(C)[Si](C#Cc1nc2ccccc2n1-c1cccc(N2CCN(C)CC2)c1)(C(C)C)C(C)C. The molecule has 0 unspecified atom stereocenters. The van der Waals surface area contributed by atoms with Crippen molar-refractivity contribution in [2.45, 2.75) is 58.2 Å². The number of para-hydroxylation sites is 2. The molecule has 4 rings (SSSR count). The van der Waals surface area contributed by atoms with Crippen molar-refractivity contribution in [2.24, 2.45) is 0 Å². The van der Waals surface area contributed by atoms with Gasteiger partial charge in [-0.15, -0.1) is 5.54 Å². The van der Waals surface area contributed by atoms with Gasteiger partial charge >= 0.3 is 0 Å². The molecule has 3 aromatic rings. The van der Waals surface area contributed by atoms with Crippen molar-refractivity contribution >= 4 is 24.8 Å². The third-order valence-electron chi connectivity index (χ3n) is 7.77. The zero-order chi connectivity index (χ0) is 24.5. The van der Waals surface area contributed by atoms with E-state index in [4.69, 9.17) is 4.98 Å². The van der Waals surface area contributed by atoms with Gasteiger partial charge in [0.15, 0.2) is 5.82 Å². The predicted octanol–water partition coefficient (Wildman–Crippen LogP) is 6.35. The molecule has 4 nitrogen and oxygen atoms in total. The fourth-order valence-electron chi connectivity index (χ4n) is 5.86. The van der Waals surface area contributed by atoms with Gasteiger partial charge in [-0.3, -0.25) is 4.57 Å². The van der Waals surface area contributed by atoms with Gasteiger partial charge in [0.05, 0.1) is 16.7 Å². The van der Waals surface area contributed by atoms with E-state index < -0.39 is 8.07 Å². The van der Waals surface area contributed by atoms with Crippen LogP contribution in [-0.2, 0) is 0 Å². The van der Waals surface area contributed by atoms with Gasteiger partial charge in [-0.05, 0) is 59.9 Å². The molecule has 2 aromatic carbocycles. The molecule has 0 bridgehead atoms. The van der Waals surface area contributed by atoms with E-state index >= 15 is 0 Å². The zero-order valence-corrected chi connectivity index (χ0v) is 23.0. The van der Waals surface area contributed by atoms with Crippen molar-refractivity contribution in [3.8, 4) is 17.2 Å². The molecule has 5 heteroatoms. The molecule has 1 aromatic heterocycles. The van der Waals surface area contributed by atoms with Crippen LogP contribution in [0.1, 0.15) is 47.4 Å². The molecule has 0 radical (unpaired) electrons. The fraction of sp³-hybridized carbons (Fsp3) is 0.483. The van der Waals surface area contributed by atoms with Gasteiger partial charge in [0.1, 0.15) is 8.07 Å². The van der Waals surface area contributed by atoms with Crippen molar-refractivity contribution in [3.05, 3.63) is 54.4 Å². The number of nitrogens with zero attached hydrogens (tertiary/aromatic N) is 4. The predicted molar refractivity (Wildman–Crippen MR) is 149 cm³/mol. The van der Waals surface area contributed by atoms with Crippen molar-refractivity contribution in [1.82, 2.24) is 14.5 Å². The number of rotatable bonds is 5. The molecular weight excluding hydrogens is 432 g/mol. The van der Waals surface area contributed by atoms with Gasteiger partial charge in [0.25, 0.3) is 0 Å². The molecule has 0 spiro atoms. The van der Waals surface area contributed by atoms with Gasteiger partial charge in [-0.1, -0.05) is 59.7 Å². The molecule has 2 heterocycles. The molecule has 1 saturated heterocycles. The average Bonchev–Trinajstić information content (AvgIpc) is 3.18. The maximum atomic E-state index is 5.01. The van der Waals surface area contributed by atoms with Crippen molar-refractivity contribution in [3.63, 3.8) is 0 Å². The standard InChI is InChI=1S/C29H40N4Si/c1-22(2)34(23(3)4,24(5)6)20-15-29-30-27-13-8-9-14-28(27)33(29)26-12-10-11-25(21-26)32-18-16-31(7)17-19-32/h8-14,21-24H,16-19H2,1-7H3. The van der Waals surface area contributed by atoms with E-state index in [1.807, 2.05) is 0 Å². The van der Waals surface area contributed by atoms with Gasteiger partial charge < -0.3 is 9.80 Å². The molecule has 0 saturated carbocycles. The number of anilines is 1. The van der Waals surface area contributed by atoms with E-state index in [1.54, 1.807) is 0 Å². The minimum absolute atomic E-state index is 0.596. The second kappa shape index (κ2) is 9.97. The lowest BCUT2D eigenvalue weighted by molar-refractivity contribution is 0.313. The number of likely N-dealkylation sites (N-methyl/N-ethyl adjacent to an activating group) is 1. The van der Waals surface area contributed by atoms with Gasteiger partial charge in [-0.25, -0.2) is 4.98 Å². The van der Waals surface area contributed by atoms with Crippen LogP contribution in [0.15, 0.2) is 48.5 Å². The summed E-state index contributed by atoms with van der Waals surface area (Å²) in [5.41, 5.74) is 10.2. The minimum atomic E-state index is -1.85. The van der Waals surface area contributed by atoms with Crippen LogP contribution >= 0.6 is 0 Å². The zero-order valence-electron chi connectivity index (χ0n) is 22.0. The second-order valence-corrected chi connectivity index (χ2v) is 16.3. The normalized spacial score (nSPS) is 15.4. The monoisotopic (exact) mass is 472 g/mol. The fourth-order valence-corrected chi connectivity index (χ4v) is 11.1. The molecule has 34 heavy (non-hydrogen) atoms. The lowest BCUT2D eigenvalue weighted by atomic mass is 10.2. The van der Waals surface area contributed by atoms with E-state index in [1.165, 1.54) is 5.69 Å². The Morgan fingerprint density at radius 2 is 1.41 bits per heavy atom. The number of benzene rings is 2. The minimum Gasteiger partial charge on any atom is -0.369 e. The first-order valence-electron chi connectivity index (χ1n) is 12.8. The lowest BCUT2D eigenvalue weighted by Crippen LogP contribution is -2.44. The second-order valence-electron chi connectivity index (χ2n) is 10.7. The van der Waals surface area contributed by atoms with Crippen LogP contribution in [0.2, 0.25) is 16.6 Å². The largest absolute Gasteiger partial charge is 0.369 e. The Hall–Kier alpha value is -2.55. The van der Waals surface area contributed by atoms with Gasteiger partial charge in [0.2, 0.25) is 0 Å². The number of hydrogen-bond donors (Lipinski definition) is 0. The topological polar surface area (TPSA) is 24.3 Å². The summed E-state index contributed by atoms with van der Waals surface area (Å²) in [4.78, 5) is 9.90. The van der Waals surface area contributed by atoms with Crippen LogP contribution in [0.25, 0.3) is 16.7 Å². The molecule has 0 amide bonds. The quantitative estimate of drug-likeness (QED) is 0.319. The average molecular weight is 473 g/mol. The molecule has 1 aliphatic rings. The van der Waals surface area contributed by atoms with E-state index in [2.05, 4.69) is 123 Å². The molecular formula is C29H40N4Si. The van der Waals surface area contributed by atoms with E-state index in [0.717, 1.165) is 48.7 Å². The smallest absolute Gasteiger partial charge is 0.190 e. The van der Waals surface area contributed by atoms with Crippen molar-refractivity contribution < 1.29 is 0 Å². The summed E-state index contributed by atoms with van der Waals surface area (Å²) >= 11 is 0. The van der Waals surface area contributed by atoms with E-state index in [0.29, 0.717) is 16.6 Å². The highest BCUT2D eigenvalue weighted by atomic mass is 28.3. The highest BCUT2D eigenvalue weighted by Crippen LogP contribution is 2.41. The maximum Gasteiger partial charge on any atom is 0.190 e. The number of piperazine rings is 1. The maximum absolute atomic E-state index is 5.01. The summed E-state index contributed by atoms with van der Waals surface area (Å²) < 4.78 is 2.27. The summed E-state index contributed by atoms with van der Waals surface area (Å²) in [6, 6.07) is 17.3. The Morgan fingerprint density at radius 1 is 0.794 bits per heavy atom. The summed E-state index contributed by atoms with van der Waals surface area (Å²) in [5.74, 6) is 4.49.